The van der Waals surface area contributed by atoms with Gasteiger partial charge in [0.2, 0.25) is 11.8 Å². The smallest absolute Gasteiger partial charge is 0.223 e. The zero-order valence-corrected chi connectivity index (χ0v) is 18.0. The van der Waals surface area contributed by atoms with Crippen LogP contribution in [0.1, 0.15) is 36.6 Å². The summed E-state index contributed by atoms with van der Waals surface area (Å²) in [7, 11) is 1.64. The Hall–Kier alpha value is -2.42. The number of carbonyl (C=O) groups is 2. The quantitative estimate of drug-likeness (QED) is 0.631. The van der Waals surface area contributed by atoms with Crippen LogP contribution in [0.3, 0.4) is 0 Å². The zero-order chi connectivity index (χ0) is 20.4. The van der Waals surface area contributed by atoms with Crippen LogP contribution in [-0.2, 0) is 22.6 Å². The highest BCUT2D eigenvalue weighted by Crippen LogP contribution is 2.26. The number of ether oxygens (including phenoxy) is 1. The van der Waals surface area contributed by atoms with E-state index in [1.807, 2.05) is 38.9 Å². The van der Waals surface area contributed by atoms with Crippen molar-refractivity contribution in [3.05, 3.63) is 40.1 Å². The number of rotatable bonds is 7. The molecule has 0 aliphatic carbocycles. The molecule has 29 heavy (non-hydrogen) atoms. The lowest BCUT2D eigenvalue weighted by Crippen LogP contribution is -2.51. The third-order valence-corrected chi connectivity index (χ3v) is 6.01. The van der Waals surface area contributed by atoms with E-state index in [-0.39, 0.29) is 17.9 Å². The zero-order valence-electron chi connectivity index (χ0n) is 16.4. The fourth-order valence-electron chi connectivity index (χ4n) is 3.80. The first-order valence-electron chi connectivity index (χ1n) is 9.82. The van der Waals surface area contributed by atoms with Crippen LogP contribution in [0.2, 0.25) is 0 Å². The molecular formula is C20H24BrN5O3. The van der Waals surface area contributed by atoms with Crippen LogP contribution < -0.4 is 4.74 Å². The van der Waals surface area contributed by atoms with E-state index < -0.39 is 0 Å². The standard InChI is InChI=1S/C20H24BrN5O3/c1-29-18-6-5-15(21)9-14(18)4-7-20(28)25-12-17(13-25)26-11-16(22-23-26)10-24-8-2-3-19(24)27/h5-6,9,11,17H,2-4,7-8,10,12-13H2,1H3. The third kappa shape index (κ3) is 4.44. The van der Waals surface area contributed by atoms with E-state index >= 15 is 0 Å². The molecule has 3 heterocycles. The second-order valence-electron chi connectivity index (χ2n) is 7.52. The van der Waals surface area contributed by atoms with Gasteiger partial charge in [-0.3, -0.25) is 9.59 Å². The molecule has 2 aliphatic rings. The van der Waals surface area contributed by atoms with Crippen LogP contribution in [0.25, 0.3) is 0 Å². The predicted octanol–water partition coefficient (Wildman–Crippen LogP) is 2.19. The Kier molecular flexibility index (Phi) is 5.84. The molecule has 0 radical (unpaired) electrons. The summed E-state index contributed by atoms with van der Waals surface area (Å²) in [5, 5.41) is 8.38. The van der Waals surface area contributed by atoms with Gasteiger partial charge in [0.15, 0.2) is 0 Å². The first-order chi connectivity index (χ1) is 14.0. The van der Waals surface area contributed by atoms with Gasteiger partial charge in [-0.25, -0.2) is 4.68 Å². The highest BCUT2D eigenvalue weighted by atomic mass is 79.9. The normalized spacial score (nSPS) is 17.0. The number of hydrogen-bond donors (Lipinski definition) is 0. The number of likely N-dealkylation sites (tertiary alicyclic amines) is 2. The summed E-state index contributed by atoms with van der Waals surface area (Å²) >= 11 is 3.46. The minimum absolute atomic E-state index is 0.131. The summed E-state index contributed by atoms with van der Waals surface area (Å²) in [6, 6.07) is 5.97. The lowest BCUT2D eigenvalue weighted by Gasteiger charge is -2.39. The number of hydrogen-bond acceptors (Lipinski definition) is 5. The largest absolute Gasteiger partial charge is 0.496 e. The van der Waals surface area contributed by atoms with Gasteiger partial charge >= 0.3 is 0 Å². The maximum absolute atomic E-state index is 12.5. The molecular weight excluding hydrogens is 438 g/mol. The van der Waals surface area contributed by atoms with Crippen LogP contribution in [0.4, 0.5) is 0 Å². The van der Waals surface area contributed by atoms with E-state index in [2.05, 4.69) is 26.2 Å². The van der Waals surface area contributed by atoms with Crippen molar-refractivity contribution in [2.75, 3.05) is 26.7 Å². The van der Waals surface area contributed by atoms with E-state index in [1.165, 1.54) is 0 Å². The van der Waals surface area contributed by atoms with Crippen molar-refractivity contribution < 1.29 is 14.3 Å². The Labute approximate surface area is 177 Å². The molecule has 0 N–H and O–H groups in total. The SMILES string of the molecule is COc1ccc(Br)cc1CCC(=O)N1CC(n2cc(CN3CCCC3=O)nn2)C1. The molecule has 154 valence electrons. The molecule has 0 spiro atoms. The molecule has 2 aromatic rings. The number of amides is 2. The highest BCUT2D eigenvalue weighted by Gasteiger charge is 2.32. The Morgan fingerprint density at radius 1 is 1.34 bits per heavy atom. The molecule has 2 aliphatic heterocycles. The number of aryl methyl sites for hydroxylation is 1. The van der Waals surface area contributed by atoms with Crippen LogP contribution in [-0.4, -0.2) is 63.4 Å². The van der Waals surface area contributed by atoms with Gasteiger partial charge < -0.3 is 14.5 Å². The number of methoxy groups -OCH3 is 1. The first-order valence-corrected chi connectivity index (χ1v) is 10.6. The monoisotopic (exact) mass is 461 g/mol. The van der Waals surface area contributed by atoms with Crippen molar-refractivity contribution in [1.29, 1.82) is 0 Å². The molecule has 2 saturated heterocycles. The first kappa shape index (κ1) is 19.9. The molecule has 2 amide bonds. The summed E-state index contributed by atoms with van der Waals surface area (Å²) in [6.45, 7) is 2.59. The number of aromatic nitrogens is 3. The van der Waals surface area contributed by atoms with Crippen molar-refractivity contribution in [1.82, 2.24) is 24.8 Å². The van der Waals surface area contributed by atoms with Crippen molar-refractivity contribution in [3.8, 4) is 5.75 Å². The summed E-state index contributed by atoms with van der Waals surface area (Å²) < 4.78 is 8.17. The Bertz CT molecular complexity index is 909. The van der Waals surface area contributed by atoms with Crippen molar-refractivity contribution >= 4 is 27.7 Å². The van der Waals surface area contributed by atoms with Gasteiger partial charge in [-0.15, -0.1) is 5.10 Å². The minimum Gasteiger partial charge on any atom is -0.496 e. The molecule has 1 aromatic heterocycles. The molecule has 0 saturated carbocycles. The fraction of sp³-hybridized carbons (Fsp3) is 0.500. The topological polar surface area (TPSA) is 80.6 Å². The Balaban J connectivity index is 1.26. The molecule has 0 bridgehead atoms. The summed E-state index contributed by atoms with van der Waals surface area (Å²) in [4.78, 5) is 27.9. The van der Waals surface area contributed by atoms with Gasteiger partial charge in [-0.05, 0) is 36.6 Å². The number of nitrogens with zero attached hydrogens (tertiary/aromatic N) is 5. The Morgan fingerprint density at radius 2 is 2.17 bits per heavy atom. The van der Waals surface area contributed by atoms with Gasteiger partial charge in [-0.2, -0.15) is 0 Å². The summed E-state index contributed by atoms with van der Waals surface area (Å²) in [5.41, 5.74) is 1.82. The number of carbonyl (C=O) groups excluding carboxylic acids is 2. The van der Waals surface area contributed by atoms with Gasteiger partial charge in [0.25, 0.3) is 0 Å². The fourth-order valence-corrected chi connectivity index (χ4v) is 4.21. The van der Waals surface area contributed by atoms with E-state index in [1.54, 1.807) is 7.11 Å². The average molecular weight is 462 g/mol. The van der Waals surface area contributed by atoms with E-state index in [0.717, 1.165) is 34.4 Å². The number of halogens is 1. The van der Waals surface area contributed by atoms with Gasteiger partial charge in [0.1, 0.15) is 11.4 Å². The van der Waals surface area contributed by atoms with E-state index in [4.69, 9.17) is 4.74 Å². The Morgan fingerprint density at radius 3 is 2.90 bits per heavy atom. The van der Waals surface area contributed by atoms with Crippen molar-refractivity contribution in [2.45, 2.75) is 38.3 Å². The number of benzene rings is 1. The van der Waals surface area contributed by atoms with Crippen molar-refractivity contribution in [2.24, 2.45) is 0 Å². The van der Waals surface area contributed by atoms with E-state index in [0.29, 0.717) is 38.9 Å². The molecule has 0 atom stereocenters. The third-order valence-electron chi connectivity index (χ3n) is 5.52. The van der Waals surface area contributed by atoms with E-state index in [9.17, 15) is 9.59 Å². The maximum Gasteiger partial charge on any atom is 0.223 e. The summed E-state index contributed by atoms with van der Waals surface area (Å²) in [6.07, 6.45) is 4.52. The van der Waals surface area contributed by atoms with Crippen LogP contribution in [0.5, 0.6) is 5.75 Å². The highest BCUT2D eigenvalue weighted by molar-refractivity contribution is 9.10. The predicted molar refractivity (Wildman–Crippen MR) is 109 cm³/mol. The van der Waals surface area contributed by atoms with Crippen molar-refractivity contribution in [3.63, 3.8) is 0 Å². The maximum atomic E-state index is 12.5. The van der Waals surface area contributed by atoms with Gasteiger partial charge in [0.05, 0.1) is 25.9 Å². The molecule has 4 rings (SSSR count). The minimum atomic E-state index is 0.131. The molecule has 2 fully saturated rings. The molecule has 1 aromatic carbocycles. The second-order valence-corrected chi connectivity index (χ2v) is 8.43. The molecule has 0 unspecified atom stereocenters. The van der Waals surface area contributed by atoms with Gasteiger partial charge in [0, 0.05) is 36.9 Å². The lowest BCUT2D eigenvalue weighted by atomic mass is 10.0. The van der Waals surface area contributed by atoms with Gasteiger partial charge in [-0.1, -0.05) is 21.1 Å². The second kappa shape index (κ2) is 8.52. The average Bonchev–Trinajstić information content (AvgIpc) is 3.29. The van der Waals surface area contributed by atoms with Crippen LogP contribution >= 0.6 is 15.9 Å². The lowest BCUT2D eigenvalue weighted by molar-refractivity contribution is -0.137. The summed E-state index contributed by atoms with van der Waals surface area (Å²) in [5.74, 6) is 1.11. The molecule has 9 heteroatoms. The molecule has 8 nitrogen and oxygen atoms in total. The van der Waals surface area contributed by atoms with Crippen LogP contribution in [0.15, 0.2) is 28.9 Å². The van der Waals surface area contributed by atoms with Crippen LogP contribution in [0, 0.1) is 0 Å².